The van der Waals surface area contributed by atoms with Gasteiger partial charge in [0.1, 0.15) is 11.1 Å². The molecule has 0 bridgehead atoms. The number of carbonyl (C=O) groups excluding carboxylic acids is 1. The van der Waals surface area contributed by atoms with Gasteiger partial charge in [0.05, 0.1) is 21.3 Å². The summed E-state index contributed by atoms with van der Waals surface area (Å²) in [6.07, 6.45) is 4.73. The average molecular weight is 429 g/mol. The highest BCUT2D eigenvalue weighted by atomic mass is 32.1. The van der Waals surface area contributed by atoms with E-state index in [0.717, 1.165) is 56.9 Å². The van der Waals surface area contributed by atoms with Crippen molar-refractivity contribution in [2.45, 2.75) is 52.2 Å². The number of likely N-dealkylation sites (tertiary alicyclic amines) is 1. The Labute approximate surface area is 178 Å². The van der Waals surface area contributed by atoms with Gasteiger partial charge in [-0.15, -0.1) is 22.7 Å². The summed E-state index contributed by atoms with van der Waals surface area (Å²) in [4.78, 5) is 28.7. The van der Waals surface area contributed by atoms with Crippen molar-refractivity contribution >= 4 is 28.6 Å². The zero-order valence-electron chi connectivity index (χ0n) is 16.6. The Balaban J connectivity index is 1.42. The lowest BCUT2D eigenvalue weighted by molar-refractivity contribution is -0.133. The summed E-state index contributed by atoms with van der Waals surface area (Å²) in [6.45, 7) is 5.16. The molecule has 4 rings (SSSR count). The highest BCUT2D eigenvalue weighted by molar-refractivity contribution is 7.16. The molecule has 152 valence electrons. The SMILES string of the molecule is Cc1nc(C(C)O)sc1-c1csc(Cc2ccc(CN3CCCCC3=O)cn2)n1. The number of aryl methyl sites for hydroxylation is 1. The summed E-state index contributed by atoms with van der Waals surface area (Å²) in [6, 6.07) is 4.08. The monoisotopic (exact) mass is 428 g/mol. The zero-order valence-corrected chi connectivity index (χ0v) is 18.2. The number of pyridine rings is 1. The number of rotatable bonds is 6. The van der Waals surface area contributed by atoms with Crippen molar-refractivity contribution < 1.29 is 9.90 Å². The molecule has 0 radical (unpaired) electrons. The van der Waals surface area contributed by atoms with E-state index in [1.807, 2.05) is 29.5 Å². The fourth-order valence-electron chi connectivity index (χ4n) is 3.39. The minimum absolute atomic E-state index is 0.243. The van der Waals surface area contributed by atoms with Crippen LogP contribution < -0.4 is 0 Å². The number of nitrogens with zero attached hydrogens (tertiary/aromatic N) is 4. The molecule has 29 heavy (non-hydrogen) atoms. The molecule has 6 nitrogen and oxygen atoms in total. The van der Waals surface area contributed by atoms with E-state index in [2.05, 4.69) is 16.0 Å². The van der Waals surface area contributed by atoms with E-state index >= 15 is 0 Å². The van der Waals surface area contributed by atoms with Crippen LogP contribution in [0, 0.1) is 6.92 Å². The number of piperidine rings is 1. The molecular weight excluding hydrogens is 404 g/mol. The Morgan fingerprint density at radius 3 is 2.83 bits per heavy atom. The van der Waals surface area contributed by atoms with Crippen LogP contribution in [0.2, 0.25) is 0 Å². The first-order valence-electron chi connectivity index (χ1n) is 9.81. The topological polar surface area (TPSA) is 79.2 Å². The van der Waals surface area contributed by atoms with Gasteiger partial charge in [0, 0.05) is 43.2 Å². The molecule has 1 amide bonds. The molecule has 0 aromatic carbocycles. The molecule has 1 saturated heterocycles. The van der Waals surface area contributed by atoms with Crippen LogP contribution in [-0.2, 0) is 17.8 Å². The Kier molecular flexibility index (Phi) is 6.03. The van der Waals surface area contributed by atoms with Crippen LogP contribution in [-0.4, -0.2) is 37.4 Å². The van der Waals surface area contributed by atoms with Crippen LogP contribution in [0.25, 0.3) is 10.6 Å². The molecule has 0 aliphatic carbocycles. The van der Waals surface area contributed by atoms with E-state index in [0.29, 0.717) is 19.4 Å². The number of carbonyl (C=O) groups is 1. The lowest BCUT2D eigenvalue weighted by Crippen LogP contribution is -2.34. The standard InChI is InChI=1S/C21H24N4O2S2/c1-13-20(29-21(23-13)14(2)26)17-12-28-18(24-17)9-16-7-6-15(10-22-16)11-25-8-4-3-5-19(25)27/h6-7,10,12,14,26H,3-5,8-9,11H2,1-2H3. The smallest absolute Gasteiger partial charge is 0.222 e. The van der Waals surface area contributed by atoms with Crippen LogP contribution in [0.3, 0.4) is 0 Å². The van der Waals surface area contributed by atoms with Crippen LogP contribution >= 0.6 is 22.7 Å². The third-order valence-electron chi connectivity index (χ3n) is 4.97. The number of aliphatic hydroxyl groups excluding tert-OH is 1. The van der Waals surface area contributed by atoms with Crippen LogP contribution in [0.1, 0.15) is 59.3 Å². The summed E-state index contributed by atoms with van der Waals surface area (Å²) in [5.41, 5.74) is 3.84. The van der Waals surface area contributed by atoms with Crippen molar-refractivity contribution in [2.75, 3.05) is 6.54 Å². The second kappa shape index (κ2) is 8.69. The molecule has 1 aliphatic rings. The second-order valence-electron chi connectivity index (χ2n) is 7.38. The maximum atomic E-state index is 12.0. The van der Waals surface area contributed by atoms with Gasteiger partial charge in [0.15, 0.2) is 0 Å². The third kappa shape index (κ3) is 4.71. The third-order valence-corrected chi connectivity index (χ3v) is 7.17. The molecule has 4 heterocycles. The van der Waals surface area contributed by atoms with Gasteiger partial charge in [-0.3, -0.25) is 9.78 Å². The van der Waals surface area contributed by atoms with Crippen molar-refractivity contribution in [3.63, 3.8) is 0 Å². The molecule has 1 atom stereocenters. The van der Waals surface area contributed by atoms with Gasteiger partial charge < -0.3 is 10.0 Å². The Bertz CT molecular complexity index is 995. The maximum Gasteiger partial charge on any atom is 0.222 e. The van der Waals surface area contributed by atoms with E-state index < -0.39 is 6.10 Å². The molecule has 3 aromatic heterocycles. The first-order valence-corrected chi connectivity index (χ1v) is 11.5. The van der Waals surface area contributed by atoms with Crippen LogP contribution in [0.15, 0.2) is 23.7 Å². The van der Waals surface area contributed by atoms with Crippen molar-refractivity contribution in [2.24, 2.45) is 0 Å². The van der Waals surface area contributed by atoms with Crippen molar-refractivity contribution in [1.82, 2.24) is 19.9 Å². The summed E-state index contributed by atoms with van der Waals surface area (Å²) >= 11 is 3.11. The molecule has 1 fully saturated rings. The molecule has 8 heteroatoms. The number of aromatic nitrogens is 3. The molecule has 0 spiro atoms. The molecule has 1 aliphatic heterocycles. The van der Waals surface area contributed by atoms with Gasteiger partial charge >= 0.3 is 0 Å². The molecule has 3 aromatic rings. The van der Waals surface area contributed by atoms with Crippen LogP contribution in [0.4, 0.5) is 0 Å². The number of aliphatic hydroxyl groups is 1. The number of amides is 1. The highest BCUT2D eigenvalue weighted by Crippen LogP contribution is 2.33. The predicted molar refractivity (Wildman–Crippen MR) is 115 cm³/mol. The van der Waals surface area contributed by atoms with Gasteiger partial charge in [0.25, 0.3) is 0 Å². The Hall–Kier alpha value is -2.16. The number of hydrogen-bond acceptors (Lipinski definition) is 7. The second-order valence-corrected chi connectivity index (χ2v) is 9.35. The summed E-state index contributed by atoms with van der Waals surface area (Å²) in [7, 11) is 0. The van der Waals surface area contributed by atoms with Gasteiger partial charge in [-0.1, -0.05) is 6.07 Å². The largest absolute Gasteiger partial charge is 0.386 e. The summed E-state index contributed by atoms with van der Waals surface area (Å²) < 4.78 is 0. The first kappa shape index (κ1) is 20.1. The minimum atomic E-state index is -0.562. The van der Waals surface area contributed by atoms with E-state index in [4.69, 9.17) is 4.98 Å². The van der Waals surface area contributed by atoms with E-state index in [-0.39, 0.29) is 5.91 Å². The van der Waals surface area contributed by atoms with E-state index in [1.54, 1.807) is 18.3 Å². The van der Waals surface area contributed by atoms with Gasteiger partial charge in [-0.05, 0) is 38.3 Å². The fourth-order valence-corrected chi connectivity index (χ4v) is 5.23. The fraction of sp³-hybridized carbons (Fsp3) is 0.429. The summed E-state index contributed by atoms with van der Waals surface area (Å²) in [5, 5.41) is 13.5. The number of hydrogen-bond donors (Lipinski definition) is 1. The lowest BCUT2D eigenvalue weighted by atomic mass is 10.1. The molecule has 1 unspecified atom stereocenters. The van der Waals surface area contributed by atoms with Crippen molar-refractivity contribution in [3.05, 3.63) is 50.7 Å². The van der Waals surface area contributed by atoms with Crippen LogP contribution in [0.5, 0.6) is 0 Å². The van der Waals surface area contributed by atoms with Gasteiger partial charge in [0.2, 0.25) is 5.91 Å². The zero-order chi connectivity index (χ0) is 20.4. The Morgan fingerprint density at radius 2 is 2.14 bits per heavy atom. The highest BCUT2D eigenvalue weighted by Gasteiger charge is 2.18. The van der Waals surface area contributed by atoms with E-state index in [9.17, 15) is 9.90 Å². The van der Waals surface area contributed by atoms with Gasteiger partial charge in [-0.25, -0.2) is 9.97 Å². The minimum Gasteiger partial charge on any atom is -0.386 e. The lowest BCUT2D eigenvalue weighted by Gasteiger charge is -2.26. The molecule has 0 saturated carbocycles. The normalized spacial score (nSPS) is 15.7. The average Bonchev–Trinajstić information content (AvgIpc) is 3.31. The maximum absolute atomic E-state index is 12.0. The predicted octanol–water partition coefficient (Wildman–Crippen LogP) is 4.13. The molecule has 1 N–H and O–H groups in total. The summed E-state index contributed by atoms with van der Waals surface area (Å²) in [5.74, 6) is 0.243. The quantitative estimate of drug-likeness (QED) is 0.639. The van der Waals surface area contributed by atoms with E-state index in [1.165, 1.54) is 11.3 Å². The first-order chi connectivity index (χ1) is 14.0. The number of thiazole rings is 2. The van der Waals surface area contributed by atoms with Gasteiger partial charge in [-0.2, -0.15) is 0 Å². The van der Waals surface area contributed by atoms with Crippen molar-refractivity contribution in [3.8, 4) is 10.6 Å². The molecular formula is C21H24N4O2S2. The van der Waals surface area contributed by atoms with Crippen molar-refractivity contribution in [1.29, 1.82) is 0 Å². The Morgan fingerprint density at radius 1 is 1.28 bits per heavy atom.